The largest absolute Gasteiger partial charge is 0.606 e. The van der Waals surface area contributed by atoms with E-state index in [4.69, 9.17) is 26.2 Å². The molecular weight excluding hydrogens is 210 g/mol. The molecule has 0 unspecified atom stereocenters. The molecule has 0 bridgehead atoms. The van der Waals surface area contributed by atoms with Gasteiger partial charge in [0.1, 0.15) is 0 Å². The van der Waals surface area contributed by atoms with Crippen molar-refractivity contribution in [3.05, 3.63) is 35.9 Å². The Hall–Kier alpha value is -0.433. The van der Waals surface area contributed by atoms with Crippen LogP contribution >= 0.6 is 11.8 Å². The van der Waals surface area contributed by atoms with Crippen LogP contribution in [0.1, 0.15) is 5.56 Å². The molecule has 72 valence electrons. The van der Waals surface area contributed by atoms with Crippen LogP contribution in [0.25, 0.3) is 0 Å². The van der Waals surface area contributed by atoms with Crippen LogP contribution in [0.5, 0.6) is 0 Å². The van der Waals surface area contributed by atoms with E-state index < -0.39 is 8.97 Å². The smallest absolute Gasteiger partial charge is 0.377 e. The maximum atomic E-state index is 8.79. The van der Waals surface area contributed by atoms with E-state index in [1.165, 1.54) is 0 Å². The zero-order valence-electron chi connectivity index (χ0n) is 6.76. The van der Waals surface area contributed by atoms with Crippen molar-refractivity contribution in [3.8, 4) is 0 Å². The molecule has 0 saturated carbocycles. The first-order valence-electron chi connectivity index (χ1n) is 3.64. The highest BCUT2D eigenvalue weighted by Crippen LogP contribution is 2.10. The lowest BCUT2D eigenvalue weighted by Crippen LogP contribution is -2.49. The van der Waals surface area contributed by atoms with E-state index in [-0.39, 0.29) is 6.54 Å². The van der Waals surface area contributed by atoms with Crippen LogP contribution in [-0.2, 0) is 6.54 Å². The van der Waals surface area contributed by atoms with Gasteiger partial charge in [-0.1, -0.05) is 30.3 Å². The molecule has 0 saturated heterocycles. The third-order valence-corrected chi connectivity index (χ3v) is 3.10. The summed E-state index contributed by atoms with van der Waals surface area (Å²) in [6, 6.07) is 8.99. The molecule has 0 amide bonds. The molecule has 0 aliphatic carbocycles. The van der Waals surface area contributed by atoms with Gasteiger partial charge in [0.25, 0.3) is 0 Å². The molecule has 0 aliphatic heterocycles. The average molecular weight is 220 g/mol. The third kappa shape index (κ3) is 3.43. The summed E-state index contributed by atoms with van der Waals surface area (Å²) < 4.78 is 0.627. The molecule has 0 aliphatic rings. The fraction of sp³-hybridized carbons (Fsp3) is 0.143. The van der Waals surface area contributed by atoms with E-state index in [0.717, 1.165) is 5.56 Å². The standard InChI is InChI=1S/C7H10ClNO3Si/c8-9(13(10,11)12)6-7-4-2-1-3-5-7/h1-5,10-12H,6H2. The second-order valence-corrected chi connectivity index (χ2v) is 5.04. The molecule has 1 rings (SSSR count). The number of hydrogen-bond donors (Lipinski definition) is 3. The van der Waals surface area contributed by atoms with Crippen LogP contribution in [0, 0.1) is 0 Å². The molecule has 0 fully saturated rings. The molecule has 3 N–H and O–H groups in total. The second-order valence-electron chi connectivity index (χ2n) is 2.61. The van der Waals surface area contributed by atoms with E-state index >= 15 is 0 Å². The minimum Gasteiger partial charge on any atom is -0.377 e. The summed E-state index contributed by atoms with van der Waals surface area (Å²) >= 11 is 5.44. The first-order chi connectivity index (χ1) is 6.00. The summed E-state index contributed by atoms with van der Waals surface area (Å²) in [5.74, 6) is 0. The summed E-state index contributed by atoms with van der Waals surface area (Å²) in [5, 5.41) is 0. The van der Waals surface area contributed by atoms with Crippen molar-refractivity contribution >= 4 is 20.7 Å². The van der Waals surface area contributed by atoms with Gasteiger partial charge >= 0.3 is 8.97 Å². The van der Waals surface area contributed by atoms with E-state index in [9.17, 15) is 0 Å². The Morgan fingerprint density at radius 3 is 2.15 bits per heavy atom. The highest BCUT2D eigenvalue weighted by molar-refractivity contribution is 6.59. The summed E-state index contributed by atoms with van der Waals surface area (Å²) in [6.07, 6.45) is 0. The Kier molecular flexibility index (Phi) is 3.43. The van der Waals surface area contributed by atoms with Gasteiger partial charge in [-0.3, -0.25) is 0 Å². The minimum absolute atomic E-state index is 0.0954. The van der Waals surface area contributed by atoms with Gasteiger partial charge in [-0.25, -0.2) is 0 Å². The van der Waals surface area contributed by atoms with E-state index in [1.54, 1.807) is 24.3 Å². The fourth-order valence-corrected chi connectivity index (χ4v) is 1.38. The second kappa shape index (κ2) is 4.19. The molecule has 0 aromatic heterocycles. The zero-order valence-corrected chi connectivity index (χ0v) is 8.52. The van der Waals surface area contributed by atoms with E-state index in [0.29, 0.717) is 4.08 Å². The Morgan fingerprint density at radius 1 is 1.15 bits per heavy atom. The molecule has 13 heavy (non-hydrogen) atoms. The topological polar surface area (TPSA) is 63.9 Å². The van der Waals surface area contributed by atoms with Crippen LogP contribution in [0.3, 0.4) is 0 Å². The Bertz CT molecular complexity index is 264. The molecule has 0 radical (unpaired) electrons. The van der Waals surface area contributed by atoms with Gasteiger partial charge in [-0.05, 0) is 17.3 Å². The fourth-order valence-electron chi connectivity index (χ4n) is 0.850. The van der Waals surface area contributed by atoms with Crippen LogP contribution in [-0.4, -0.2) is 27.4 Å². The van der Waals surface area contributed by atoms with Crippen LogP contribution in [0.15, 0.2) is 30.3 Å². The van der Waals surface area contributed by atoms with Gasteiger partial charge in [-0.2, -0.15) is 4.08 Å². The highest BCUT2D eigenvalue weighted by Gasteiger charge is 2.36. The summed E-state index contributed by atoms with van der Waals surface area (Å²) in [6.45, 7) is 0.0954. The van der Waals surface area contributed by atoms with E-state index in [2.05, 4.69) is 0 Å². The lowest BCUT2D eigenvalue weighted by molar-refractivity contribution is 0.170. The monoisotopic (exact) mass is 219 g/mol. The molecule has 6 heteroatoms. The van der Waals surface area contributed by atoms with Gasteiger partial charge in [-0.15, -0.1) is 0 Å². The number of hydrogen-bond acceptors (Lipinski definition) is 4. The normalized spacial score (nSPS) is 12.1. The van der Waals surface area contributed by atoms with Crippen molar-refractivity contribution in [2.75, 3.05) is 0 Å². The van der Waals surface area contributed by atoms with Gasteiger partial charge in [0.15, 0.2) is 0 Å². The van der Waals surface area contributed by atoms with Crippen molar-refractivity contribution in [1.82, 2.24) is 4.08 Å². The van der Waals surface area contributed by atoms with Crippen molar-refractivity contribution in [1.29, 1.82) is 0 Å². The van der Waals surface area contributed by atoms with Crippen LogP contribution in [0.2, 0.25) is 0 Å². The number of halogens is 1. The Morgan fingerprint density at radius 2 is 1.69 bits per heavy atom. The van der Waals surface area contributed by atoms with Crippen molar-refractivity contribution in [2.24, 2.45) is 0 Å². The third-order valence-electron chi connectivity index (χ3n) is 1.49. The lowest BCUT2D eigenvalue weighted by atomic mass is 10.2. The summed E-state index contributed by atoms with van der Waals surface area (Å²) in [5.41, 5.74) is 0.798. The highest BCUT2D eigenvalue weighted by atomic mass is 35.5. The average Bonchev–Trinajstić information content (AvgIpc) is 2.04. The van der Waals surface area contributed by atoms with Crippen molar-refractivity contribution in [2.45, 2.75) is 6.54 Å². The molecular formula is C7H10ClNO3Si. The van der Waals surface area contributed by atoms with Gasteiger partial charge in [0, 0.05) is 6.54 Å². The van der Waals surface area contributed by atoms with Crippen LogP contribution in [0.4, 0.5) is 0 Å². The predicted molar refractivity (Wildman–Crippen MR) is 50.2 cm³/mol. The van der Waals surface area contributed by atoms with Crippen molar-refractivity contribution in [3.63, 3.8) is 0 Å². The lowest BCUT2D eigenvalue weighted by Gasteiger charge is -2.18. The maximum absolute atomic E-state index is 8.79. The molecule has 1 aromatic carbocycles. The Balaban J connectivity index is 2.61. The number of benzene rings is 1. The number of nitrogens with zero attached hydrogens (tertiary/aromatic N) is 1. The SMILES string of the molecule is O[Si](O)(O)N(Cl)Cc1ccccc1. The van der Waals surface area contributed by atoms with Crippen molar-refractivity contribution < 1.29 is 14.4 Å². The molecule has 0 spiro atoms. The molecule has 4 nitrogen and oxygen atoms in total. The molecule has 0 heterocycles. The predicted octanol–water partition coefficient (Wildman–Crippen LogP) is 0.0549. The van der Waals surface area contributed by atoms with Gasteiger partial charge in [0.2, 0.25) is 0 Å². The first-order valence-corrected chi connectivity index (χ1v) is 5.77. The molecule has 1 aromatic rings. The molecule has 0 atom stereocenters. The quantitative estimate of drug-likeness (QED) is 0.497. The van der Waals surface area contributed by atoms with Gasteiger partial charge < -0.3 is 14.4 Å². The maximum Gasteiger partial charge on any atom is 0.606 e. The number of rotatable bonds is 3. The van der Waals surface area contributed by atoms with Crippen LogP contribution < -0.4 is 0 Å². The Labute approximate surface area is 82.2 Å². The first kappa shape index (κ1) is 10.6. The minimum atomic E-state index is -4.34. The summed E-state index contributed by atoms with van der Waals surface area (Å²) in [4.78, 5) is 26.4. The summed E-state index contributed by atoms with van der Waals surface area (Å²) in [7, 11) is -4.34. The zero-order chi connectivity index (χ0) is 9.90. The van der Waals surface area contributed by atoms with E-state index in [1.807, 2.05) is 6.07 Å². The van der Waals surface area contributed by atoms with Gasteiger partial charge in [0.05, 0.1) is 0 Å².